The predicted molar refractivity (Wildman–Crippen MR) is 90.4 cm³/mol. The normalized spacial score (nSPS) is 17.3. The van der Waals surface area contributed by atoms with Crippen LogP contribution in [0.1, 0.15) is 19.3 Å². The number of piperazine rings is 1. The zero-order chi connectivity index (χ0) is 14.2. The second kappa shape index (κ2) is 8.65. The standard InChI is InChI=1S/C16H26BrN3/c1-19-10-12-20(13-11-19)9-4-2-3-8-18-16-7-5-6-15(17)14-16/h5-7,14,18H,2-4,8-13H2,1H3. The van der Waals surface area contributed by atoms with Crippen molar-refractivity contribution in [3.05, 3.63) is 28.7 Å². The van der Waals surface area contributed by atoms with Crippen molar-refractivity contribution in [1.29, 1.82) is 0 Å². The minimum Gasteiger partial charge on any atom is -0.385 e. The molecule has 1 fully saturated rings. The lowest BCUT2D eigenvalue weighted by Gasteiger charge is -2.32. The number of nitrogens with one attached hydrogen (secondary N) is 1. The van der Waals surface area contributed by atoms with Crippen molar-refractivity contribution in [3.8, 4) is 0 Å². The molecular formula is C16H26BrN3. The second-order valence-electron chi connectivity index (χ2n) is 5.64. The quantitative estimate of drug-likeness (QED) is 0.769. The van der Waals surface area contributed by atoms with Gasteiger partial charge in [0.2, 0.25) is 0 Å². The molecule has 1 aromatic rings. The Morgan fingerprint density at radius 1 is 1.10 bits per heavy atom. The molecule has 3 nitrogen and oxygen atoms in total. The van der Waals surface area contributed by atoms with Crippen LogP contribution >= 0.6 is 15.9 Å². The minimum atomic E-state index is 1.07. The third-order valence-corrected chi connectivity index (χ3v) is 4.39. The van der Waals surface area contributed by atoms with Crippen molar-refractivity contribution >= 4 is 21.6 Å². The first-order valence-corrected chi connectivity index (χ1v) is 8.44. The number of hydrogen-bond donors (Lipinski definition) is 1. The number of anilines is 1. The van der Waals surface area contributed by atoms with E-state index in [-0.39, 0.29) is 0 Å². The smallest absolute Gasteiger partial charge is 0.0351 e. The molecule has 4 heteroatoms. The lowest BCUT2D eigenvalue weighted by atomic mass is 10.2. The number of benzene rings is 1. The summed E-state index contributed by atoms with van der Waals surface area (Å²) in [5.74, 6) is 0. The van der Waals surface area contributed by atoms with Crippen molar-refractivity contribution in [1.82, 2.24) is 9.80 Å². The molecule has 0 saturated carbocycles. The van der Waals surface area contributed by atoms with Crippen LogP contribution in [0.4, 0.5) is 5.69 Å². The Kier molecular flexibility index (Phi) is 6.83. The van der Waals surface area contributed by atoms with E-state index in [0.717, 1.165) is 11.0 Å². The van der Waals surface area contributed by atoms with Crippen LogP contribution in [-0.2, 0) is 0 Å². The molecule has 112 valence electrons. The van der Waals surface area contributed by atoms with Gasteiger partial charge >= 0.3 is 0 Å². The average molecular weight is 340 g/mol. The van der Waals surface area contributed by atoms with Gasteiger partial charge in [0.05, 0.1) is 0 Å². The van der Waals surface area contributed by atoms with E-state index < -0.39 is 0 Å². The highest BCUT2D eigenvalue weighted by atomic mass is 79.9. The number of hydrogen-bond acceptors (Lipinski definition) is 3. The Morgan fingerprint density at radius 2 is 1.90 bits per heavy atom. The molecule has 0 atom stereocenters. The number of nitrogens with zero attached hydrogens (tertiary/aromatic N) is 2. The molecule has 1 N–H and O–H groups in total. The summed E-state index contributed by atoms with van der Waals surface area (Å²) in [6, 6.07) is 8.38. The van der Waals surface area contributed by atoms with Gasteiger partial charge in [-0.2, -0.15) is 0 Å². The highest BCUT2D eigenvalue weighted by molar-refractivity contribution is 9.10. The van der Waals surface area contributed by atoms with Crippen LogP contribution in [0.3, 0.4) is 0 Å². The first-order chi connectivity index (χ1) is 9.74. The van der Waals surface area contributed by atoms with Crippen molar-refractivity contribution in [2.45, 2.75) is 19.3 Å². The SMILES string of the molecule is CN1CCN(CCCCCNc2cccc(Br)c2)CC1. The second-order valence-corrected chi connectivity index (χ2v) is 6.56. The van der Waals surface area contributed by atoms with Gasteiger partial charge in [-0.05, 0) is 44.6 Å². The molecule has 0 radical (unpaired) electrons. The number of halogens is 1. The molecular weight excluding hydrogens is 314 g/mol. The van der Waals surface area contributed by atoms with Gasteiger partial charge in [-0.25, -0.2) is 0 Å². The van der Waals surface area contributed by atoms with Crippen LogP contribution in [-0.4, -0.2) is 56.1 Å². The number of rotatable bonds is 7. The molecule has 0 aliphatic carbocycles. The highest BCUT2D eigenvalue weighted by Gasteiger charge is 2.12. The summed E-state index contributed by atoms with van der Waals surface area (Å²) in [7, 11) is 2.21. The molecule has 1 heterocycles. The van der Waals surface area contributed by atoms with Gasteiger partial charge in [-0.15, -0.1) is 0 Å². The summed E-state index contributed by atoms with van der Waals surface area (Å²) in [5.41, 5.74) is 1.21. The van der Waals surface area contributed by atoms with Crippen LogP contribution in [0.5, 0.6) is 0 Å². The summed E-state index contributed by atoms with van der Waals surface area (Å²) in [5, 5.41) is 3.48. The molecule has 0 bridgehead atoms. The third-order valence-electron chi connectivity index (χ3n) is 3.90. The summed E-state index contributed by atoms with van der Waals surface area (Å²) in [6.07, 6.45) is 3.89. The Labute approximate surface area is 131 Å². The average Bonchev–Trinajstić information content (AvgIpc) is 2.45. The largest absolute Gasteiger partial charge is 0.385 e. The van der Waals surface area contributed by atoms with Gasteiger partial charge < -0.3 is 15.1 Å². The molecule has 20 heavy (non-hydrogen) atoms. The van der Waals surface area contributed by atoms with Gasteiger partial charge in [-0.1, -0.05) is 28.4 Å². The zero-order valence-electron chi connectivity index (χ0n) is 12.4. The monoisotopic (exact) mass is 339 g/mol. The molecule has 0 spiro atoms. The van der Waals surface area contributed by atoms with Gasteiger partial charge in [-0.3, -0.25) is 0 Å². The van der Waals surface area contributed by atoms with Crippen molar-refractivity contribution in [2.24, 2.45) is 0 Å². The van der Waals surface area contributed by atoms with Gasteiger partial charge in [0.25, 0.3) is 0 Å². The van der Waals surface area contributed by atoms with E-state index in [1.54, 1.807) is 0 Å². The van der Waals surface area contributed by atoms with Gasteiger partial charge in [0.1, 0.15) is 0 Å². The summed E-state index contributed by atoms with van der Waals surface area (Å²) in [6.45, 7) is 7.28. The van der Waals surface area contributed by atoms with E-state index >= 15 is 0 Å². The van der Waals surface area contributed by atoms with Gasteiger partial charge in [0.15, 0.2) is 0 Å². The predicted octanol–water partition coefficient (Wildman–Crippen LogP) is 3.28. The molecule has 1 aliphatic heterocycles. The van der Waals surface area contributed by atoms with Crippen LogP contribution in [0.2, 0.25) is 0 Å². The molecule has 1 saturated heterocycles. The van der Waals surface area contributed by atoms with E-state index in [0.29, 0.717) is 0 Å². The van der Waals surface area contributed by atoms with E-state index in [1.165, 1.54) is 57.7 Å². The van der Waals surface area contributed by atoms with E-state index in [4.69, 9.17) is 0 Å². The Morgan fingerprint density at radius 3 is 2.65 bits per heavy atom. The fraction of sp³-hybridized carbons (Fsp3) is 0.625. The van der Waals surface area contributed by atoms with Crippen molar-refractivity contribution in [2.75, 3.05) is 51.6 Å². The minimum absolute atomic E-state index is 1.07. The molecule has 0 aromatic heterocycles. The first-order valence-electron chi connectivity index (χ1n) is 7.64. The molecule has 1 aliphatic rings. The fourth-order valence-electron chi connectivity index (χ4n) is 2.54. The lowest BCUT2D eigenvalue weighted by Crippen LogP contribution is -2.44. The van der Waals surface area contributed by atoms with E-state index in [2.05, 4.69) is 62.4 Å². The fourth-order valence-corrected chi connectivity index (χ4v) is 2.94. The van der Waals surface area contributed by atoms with Crippen LogP contribution < -0.4 is 5.32 Å². The Hall–Kier alpha value is -0.580. The van der Waals surface area contributed by atoms with Crippen molar-refractivity contribution in [3.63, 3.8) is 0 Å². The van der Waals surface area contributed by atoms with Gasteiger partial charge in [0, 0.05) is 42.9 Å². The molecule has 2 rings (SSSR count). The number of unbranched alkanes of at least 4 members (excludes halogenated alkanes) is 2. The number of likely N-dealkylation sites (N-methyl/N-ethyl adjacent to an activating group) is 1. The maximum absolute atomic E-state index is 3.50. The molecule has 1 aromatic carbocycles. The first kappa shape index (κ1) is 15.8. The van der Waals surface area contributed by atoms with Crippen LogP contribution in [0, 0.1) is 0 Å². The summed E-state index contributed by atoms with van der Waals surface area (Å²) >= 11 is 3.50. The maximum Gasteiger partial charge on any atom is 0.0351 e. The Bertz CT molecular complexity index is 389. The van der Waals surface area contributed by atoms with E-state index in [1.807, 2.05) is 0 Å². The zero-order valence-corrected chi connectivity index (χ0v) is 14.0. The van der Waals surface area contributed by atoms with Crippen molar-refractivity contribution < 1.29 is 0 Å². The molecule has 0 unspecified atom stereocenters. The topological polar surface area (TPSA) is 18.5 Å². The highest BCUT2D eigenvalue weighted by Crippen LogP contribution is 2.15. The molecule has 0 amide bonds. The maximum atomic E-state index is 3.50. The van der Waals surface area contributed by atoms with Crippen LogP contribution in [0.25, 0.3) is 0 Å². The lowest BCUT2D eigenvalue weighted by molar-refractivity contribution is 0.152. The summed E-state index contributed by atoms with van der Waals surface area (Å²) in [4.78, 5) is 5.01. The van der Waals surface area contributed by atoms with E-state index in [9.17, 15) is 0 Å². The summed E-state index contributed by atoms with van der Waals surface area (Å²) < 4.78 is 1.14. The Balaban J connectivity index is 1.49. The van der Waals surface area contributed by atoms with Crippen LogP contribution in [0.15, 0.2) is 28.7 Å². The third kappa shape index (κ3) is 5.81.